The van der Waals surface area contributed by atoms with Crippen molar-refractivity contribution in [1.82, 2.24) is 9.78 Å². The van der Waals surface area contributed by atoms with Crippen LogP contribution in [-0.2, 0) is 7.05 Å². The van der Waals surface area contributed by atoms with Crippen LogP contribution in [0.4, 0.5) is 0 Å². The SMILES string of the molecule is CC1CCCC(C(O)c2c(Br)cnn2C)C1. The first kappa shape index (κ1) is 12.1. The number of nitrogens with zero attached hydrogens (tertiary/aromatic N) is 2. The summed E-state index contributed by atoms with van der Waals surface area (Å²) in [4.78, 5) is 0. The number of aliphatic hydroxyl groups is 1. The summed E-state index contributed by atoms with van der Waals surface area (Å²) < 4.78 is 2.69. The number of aryl methyl sites for hydroxylation is 1. The summed E-state index contributed by atoms with van der Waals surface area (Å²) in [6.45, 7) is 2.27. The molecule has 0 spiro atoms. The summed E-state index contributed by atoms with van der Waals surface area (Å²) in [5.41, 5.74) is 0.916. The molecule has 0 radical (unpaired) electrons. The smallest absolute Gasteiger partial charge is 0.0996 e. The Morgan fingerprint density at radius 3 is 2.88 bits per heavy atom. The molecule has 1 aliphatic carbocycles. The molecule has 90 valence electrons. The highest BCUT2D eigenvalue weighted by Gasteiger charge is 2.29. The molecule has 0 aromatic carbocycles. The van der Waals surface area contributed by atoms with Gasteiger partial charge in [0.25, 0.3) is 0 Å². The third-order valence-electron chi connectivity index (χ3n) is 3.64. The van der Waals surface area contributed by atoms with Gasteiger partial charge >= 0.3 is 0 Å². The first-order valence-electron chi connectivity index (χ1n) is 5.95. The van der Waals surface area contributed by atoms with Gasteiger partial charge in [-0.05, 0) is 40.6 Å². The number of rotatable bonds is 2. The van der Waals surface area contributed by atoms with Crippen molar-refractivity contribution in [1.29, 1.82) is 0 Å². The van der Waals surface area contributed by atoms with Crippen LogP contribution in [0.3, 0.4) is 0 Å². The lowest BCUT2D eigenvalue weighted by molar-refractivity contribution is 0.0644. The van der Waals surface area contributed by atoms with E-state index in [1.54, 1.807) is 10.9 Å². The van der Waals surface area contributed by atoms with E-state index in [9.17, 15) is 5.11 Å². The molecule has 3 nitrogen and oxygen atoms in total. The fraction of sp³-hybridized carbons (Fsp3) is 0.750. The van der Waals surface area contributed by atoms with Crippen LogP contribution >= 0.6 is 15.9 Å². The van der Waals surface area contributed by atoms with Crippen molar-refractivity contribution in [2.24, 2.45) is 18.9 Å². The average Bonchev–Trinajstić information content (AvgIpc) is 2.58. The fourth-order valence-electron chi connectivity index (χ4n) is 2.74. The normalized spacial score (nSPS) is 28.0. The summed E-state index contributed by atoms with van der Waals surface area (Å²) in [6.07, 6.45) is 6.16. The number of hydrogen-bond acceptors (Lipinski definition) is 2. The van der Waals surface area contributed by atoms with Gasteiger partial charge < -0.3 is 5.11 Å². The van der Waals surface area contributed by atoms with Crippen LogP contribution in [0.15, 0.2) is 10.7 Å². The van der Waals surface area contributed by atoms with Crippen LogP contribution in [0.1, 0.15) is 44.4 Å². The summed E-state index contributed by atoms with van der Waals surface area (Å²) in [6, 6.07) is 0. The maximum atomic E-state index is 10.4. The van der Waals surface area contributed by atoms with Crippen molar-refractivity contribution >= 4 is 15.9 Å². The largest absolute Gasteiger partial charge is 0.386 e. The second kappa shape index (κ2) is 4.88. The van der Waals surface area contributed by atoms with Crippen LogP contribution in [0.5, 0.6) is 0 Å². The van der Waals surface area contributed by atoms with E-state index < -0.39 is 0 Å². The quantitative estimate of drug-likeness (QED) is 0.908. The molecule has 1 fully saturated rings. The lowest BCUT2D eigenvalue weighted by Gasteiger charge is -2.30. The average molecular weight is 287 g/mol. The number of halogens is 1. The monoisotopic (exact) mass is 286 g/mol. The Morgan fingerprint density at radius 2 is 2.31 bits per heavy atom. The van der Waals surface area contributed by atoms with Gasteiger partial charge in [-0.15, -0.1) is 0 Å². The topological polar surface area (TPSA) is 38.1 Å². The molecule has 3 unspecified atom stereocenters. The van der Waals surface area contributed by atoms with Crippen molar-refractivity contribution < 1.29 is 5.11 Å². The minimum atomic E-state index is -0.385. The van der Waals surface area contributed by atoms with Crippen molar-refractivity contribution in [2.45, 2.75) is 38.7 Å². The van der Waals surface area contributed by atoms with Gasteiger partial charge in [0.2, 0.25) is 0 Å². The van der Waals surface area contributed by atoms with Gasteiger partial charge in [0.1, 0.15) is 0 Å². The highest BCUT2D eigenvalue weighted by atomic mass is 79.9. The predicted octanol–water partition coefficient (Wildman–Crippen LogP) is 3.04. The van der Waals surface area contributed by atoms with Crippen LogP contribution in [-0.4, -0.2) is 14.9 Å². The van der Waals surface area contributed by atoms with E-state index in [1.807, 2.05) is 7.05 Å². The Bertz CT molecular complexity index is 344. The number of aromatic nitrogens is 2. The van der Waals surface area contributed by atoms with E-state index in [2.05, 4.69) is 28.0 Å². The first-order valence-corrected chi connectivity index (χ1v) is 6.74. The predicted molar refractivity (Wildman–Crippen MR) is 67.0 cm³/mol. The Kier molecular flexibility index (Phi) is 3.70. The van der Waals surface area contributed by atoms with Crippen LogP contribution < -0.4 is 0 Å². The van der Waals surface area contributed by atoms with Crippen LogP contribution in [0.2, 0.25) is 0 Å². The van der Waals surface area contributed by atoms with Gasteiger partial charge in [-0.2, -0.15) is 5.10 Å². The zero-order valence-corrected chi connectivity index (χ0v) is 11.4. The van der Waals surface area contributed by atoms with E-state index in [4.69, 9.17) is 0 Å². The number of hydrogen-bond donors (Lipinski definition) is 1. The molecule has 0 amide bonds. The Labute approximate surface area is 105 Å². The van der Waals surface area contributed by atoms with E-state index >= 15 is 0 Å². The van der Waals surface area contributed by atoms with Crippen molar-refractivity contribution in [3.63, 3.8) is 0 Å². The first-order chi connectivity index (χ1) is 7.59. The van der Waals surface area contributed by atoms with Crippen LogP contribution in [0, 0.1) is 11.8 Å². The van der Waals surface area contributed by atoms with Crippen molar-refractivity contribution in [3.05, 3.63) is 16.4 Å². The highest BCUT2D eigenvalue weighted by Crippen LogP contribution is 2.38. The van der Waals surface area contributed by atoms with E-state index in [0.29, 0.717) is 5.92 Å². The molecule has 2 rings (SSSR count). The van der Waals surface area contributed by atoms with Gasteiger partial charge in [0.15, 0.2) is 0 Å². The van der Waals surface area contributed by atoms with E-state index in [0.717, 1.165) is 28.9 Å². The molecule has 1 saturated carbocycles. The van der Waals surface area contributed by atoms with Gasteiger partial charge in [-0.1, -0.05) is 19.8 Å². The Balaban J connectivity index is 2.15. The zero-order valence-electron chi connectivity index (χ0n) is 9.86. The molecule has 1 aromatic heterocycles. The molecule has 3 atom stereocenters. The third-order valence-corrected chi connectivity index (χ3v) is 4.25. The zero-order chi connectivity index (χ0) is 11.7. The molecule has 1 aliphatic rings. The minimum absolute atomic E-state index is 0.385. The molecule has 1 heterocycles. The van der Waals surface area contributed by atoms with Crippen LogP contribution in [0.25, 0.3) is 0 Å². The van der Waals surface area contributed by atoms with E-state index in [1.165, 1.54) is 12.8 Å². The van der Waals surface area contributed by atoms with Gasteiger partial charge in [-0.25, -0.2) is 0 Å². The molecular weight excluding hydrogens is 268 g/mol. The Morgan fingerprint density at radius 1 is 1.56 bits per heavy atom. The molecule has 1 aromatic rings. The molecule has 16 heavy (non-hydrogen) atoms. The van der Waals surface area contributed by atoms with E-state index in [-0.39, 0.29) is 6.10 Å². The van der Waals surface area contributed by atoms with Gasteiger partial charge in [-0.3, -0.25) is 4.68 Å². The molecule has 0 aliphatic heterocycles. The summed E-state index contributed by atoms with van der Waals surface area (Å²) >= 11 is 3.46. The lowest BCUT2D eigenvalue weighted by Crippen LogP contribution is -2.22. The second-order valence-electron chi connectivity index (χ2n) is 4.98. The Hall–Kier alpha value is -0.350. The highest BCUT2D eigenvalue weighted by molar-refractivity contribution is 9.10. The summed E-state index contributed by atoms with van der Waals surface area (Å²) in [5.74, 6) is 1.12. The molecule has 0 saturated heterocycles. The van der Waals surface area contributed by atoms with Crippen molar-refractivity contribution in [3.8, 4) is 0 Å². The standard InChI is InChI=1S/C12H19BrN2O/c1-8-4-3-5-9(6-8)12(16)11-10(13)7-14-15(11)2/h7-9,12,16H,3-6H2,1-2H3. The molecular formula is C12H19BrN2O. The minimum Gasteiger partial charge on any atom is -0.386 e. The number of aliphatic hydroxyl groups excluding tert-OH is 1. The van der Waals surface area contributed by atoms with Gasteiger partial charge in [0, 0.05) is 7.05 Å². The second-order valence-corrected chi connectivity index (χ2v) is 5.83. The lowest BCUT2D eigenvalue weighted by atomic mass is 9.79. The third kappa shape index (κ3) is 2.33. The summed E-state index contributed by atoms with van der Waals surface area (Å²) in [7, 11) is 1.88. The van der Waals surface area contributed by atoms with Crippen molar-refractivity contribution in [2.75, 3.05) is 0 Å². The summed E-state index contributed by atoms with van der Waals surface area (Å²) in [5, 5.41) is 14.6. The molecule has 0 bridgehead atoms. The van der Waals surface area contributed by atoms with Gasteiger partial charge in [0.05, 0.1) is 22.5 Å². The molecule has 1 N–H and O–H groups in total. The maximum Gasteiger partial charge on any atom is 0.0996 e. The maximum absolute atomic E-state index is 10.4. The fourth-order valence-corrected chi connectivity index (χ4v) is 3.33. The molecule has 4 heteroatoms.